The number of aryl methyl sites for hydroxylation is 1. The van der Waals surface area contributed by atoms with Crippen molar-refractivity contribution in [2.75, 3.05) is 0 Å². The minimum atomic E-state index is -4.36. The molecule has 0 spiro atoms. The van der Waals surface area contributed by atoms with E-state index in [9.17, 15) is 13.2 Å². The molecule has 2 rings (SSSR count). The lowest BCUT2D eigenvalue weighted by Gasteiger charge is -2.08. The zero-order chi connectivity index (χ0) is 13.2. The van der Waals surface area contributed by atoms with E-state index in [1.807, 2.05) is 13.0 Å². The highest BCUT2D eigenvalue weighted by molar-refractivity contribution is 5.55. The van der Waals surface area contributed by atoms with Crippen LogP contribution in [0, 0.1) is 0 Å². The lowest BCUT2D eigenvalue weighted by Crippen LogP contribution is -2.05. The first-order chi connectivity index (χ1) is 8.50. The fraction of sp³-hybridized carbons (Fsp3) is 0.231. The van der Waals surface area contributed by atoms with Crippen molar-refractivity contribution in [3.63, 3.8) is 0 Å². The molecule has 0 amide bonds. The molecule has 0 unspecified atom stereocenters. The van der Waals surface area contributed by atoms with Crippen LogP contribution >= 0.6 is 0 Å². The third kappa shape index (κ3) is 2.67. The molecule has 2 nitrogen and oxygen atoms in total. The van der Waals surface area contributed by atoms with Crippen molar-refractivity contribution in [1.29, 1.82) is 0 Å². The van der Waals surface area contributed by atoms with Gasteiger partial charge in [0, 0.05) is 12.4 Å². The van der Waals surface area contributed by atoms with Gasteiger partial charge in [-0.15, -0.1) is 0 Å². The molecular weight excluding hydrogens is 241 g/mol. The first-order valence-electron chi connectivity index (χ1n) is 5.49. The third-order valence-electron chi connectivity index (χ3n) is 2.58. The summed E-state index contributed by atoms with van der Waals surface area (Å²) >= 11 is 0. The van der Waals surface area contributed by atoms with Gasteiger partial charge in [-0.1, -0.05) is 6.92 Å². The summed E-state index contributed by atoms with van der Waals surface area (Å²) in [6.45, 7) is 1.97. The van der Waals surface area contributed by atoms with Crippen LogP contribution in [0.5, 0.6) is 0 Å². The topological polar surface area (TPSA) is 25.8 Å². The second kappa shape index (κ2) is 4.76. The summed E-state index contributed by atoms with van der Waals surface area (Å²) in [6, 6.07) is 5.55. The van der Waals surface area contributed by atoms with Gasteiger partial charge in [0.25, 0.3) is 0 Å². The van der Waals surface area contributed by atoms with Gasteiger partial charge in [-0.2, -0.15) is 13.2 Å². The predicted octanol–water partition coefficient (Wildman–Crippen LogP) is 3.72. The predicted molar refractivity (Wildman–Crippen MR) is 61.8 cm³/mol. The average molecular weight is 252 g/mol. The van der Waals surface area contributed by atoms with Crippen LogP contribution in [-0.2, 0) is 12.6 Å². The molecule has 0 bridgehead atoms. The Bertz CT molecular complexity index is 550. The largest absolute Gasteiger partial charge is 0.416 e. The van der Waals surface area contributed by atoms with E-state index in [1.165, 1.54) is 0 Å². The van der Waals surface area contributed by atoms with Gasteiger partial charge in [-0.25, -0.2) is 0 Å². The minimum Gasteiger partial charge on any atom is -0.255 e. The summed E-state index contributed by atoms with van der Waals surface area (Å²) in [5.74, 6) is 0. The first-order valence-corrected chi connectivity index (χ1v) is 5.49. The fourth-order valence-electron chi connectivity index (χ4n) is 1.58. The highest BCUT2D eigenvalue weighted by atomic mass is 19.4. The highest BCUT2D eigenvalue weighted by Crippen LogP contribution is 2.30. The molecule has 0 saturated heterocycles. The molecule has 0 saturated carbocycles. The summed E-state index contributed by atoms with van der Waals surface area (Å²) in [6.07, 6.45) is -0.830. The van der Waals surface area contributed by atoms with Crippen LogP contribution in [0.2, 0.25) is 0 Å². The van der Waals surface area contributed by atoms with Crippen molar-refractivity contribution >= 4 is 0 Å². The number of rotatable bonds is 2. The van der Waals surface area contributed by atoms with E-state index in [1.54, 1.807) is 12.3 Å². The van der Waals surface area contributed by atoms with Gasteiger partial charge in [-0.3, -0.25) is 9.97 Å². The van der Waals surface area contributed by atoms with E-state index in [-0.39, 0.29) is 5.69 Å². The lowest BCUT2D eigenvalue weighted by molar-refractivity contribution is -0.137. The molecular formula is C13H11F3N2. The number of aromatic nitrogens is 2. The SMILES string of the molecule is CCc1ccnc(-c2cc(C(F)(F)F)ccn2)c1. The Balaban J connectivity index is 2.44. The molecule has 2 aromatic heterocycles. The number of halogens is 3. The van der Waals surface area contributed by atoms with Crippen LogP contribution in [-0.4, -0.2) is 9.97 Å². The maximum atomic E-state index is 12.6. The zero-order valence-corrected chi connectivity index (χ0v) is 9.70. The molecule has 0 aliphatic heterocycles. The van der Waals surface area contributed by atoms with Crippen molar-refractivity contribution < 1.29 is 13.2 Å². The molecule has 0 atom stereocenters. The lowest BCUT2D eigenvalue weighted by atomic mass is 10.1. The average Bonchev–Trinajstić information content (AvgIpc) is 2.38. The molecule has 0 radical (unpaired) electrons. The van der Waals surface area contributed by atoms with E-state index in [0.717, 1.165) is 30.3 Å². The Morgan fingerprint density at radius 3 is 2.22 bits per heavy atom. The van der Waals surface area contributed by atoms with Crippen molar-refractivity contribution in [3.8, 4) is 11.4 Å². The van der Waals surface area contributed by atoms with Gasteiger partial charge in [0.15, 0.2) is 0 Å². The monoisotopic (exact) mass is 252 g/mol. The molecule has 5 heteroatoms. The Morgan fingerprint density at radius 1 is 1.00 bits per heavy atom. The van der Waals surface area contributed by atoms with Gasteiger partial charge < -0.3 is 0 Å². The van der Waals surface area contributed by atoms with Crippen LogP contribution in [0.1, 0.15) is 18.1 Å². The van der Waals surface area contributed by atoms with Crippen LogP contribution in [0.3, 0.4) is 0 Å². The Labute approximate surface area is 103 Å². The zero-order valence-electron chi connectivity index (χ0n) is 9.70. The first kappa shape index (κ1) is 12.5. The van der Waals surface area contributed by atoms with Gasteiger partial charge in [0.05, 0.1) is 17.0 Å². The van der Waals surface area contributed by atoms with E-state index < -0.39 is 11.7 Å². The van der Waals surface area contributed by atoms with Crippen LogP contribution in [0.4, 0.5) is 13.2 Å². The number of hydrogen-bond acceptors (Lipinski definition) is 2. The quantitative estimate of drug-likeness (QED) is 0.814. The summed E-state index contributed by atoms with van der Waals surface area (Å²) in [5, 5.41) is 0. The van der Waals surface area contributed by atoms with Crippen LogP contribution in [0.25, 0.3) is 11.4 Å². The summed E-state index contributed by atoms with van der Waals surface area (Å²) in [4.78, 5) is 7.99. The minimum absolute atomic E-state index is 0.236. The fourth-order valence-corrected chi connectivity index (χ4v) is 1.58. The Kier molecular flexibility index (Phi) is 3.32. The second-order valence-corrected chi connectivity index (χ2v) is 3.83. The van der Waals surface area contributed by atoms with E-state index in [4.69, 9.17) is 0 Å². The number of alkyl halides is 3. The molecule has 2 heterocycles. The van der Waals surface area contributed by atoms with Crippen molar-refractivity contribution in [2.24, 2.45) is 0 Å². The molecule has 0 aromatic carbocycles. The van der Waals surface area contributed by atoms with Crippen LogP contribution < -0.4 is 0 Å². The molecule has 0 N–H and O–H groups in total. The summed E-state index contributed by atoms with van der Waals surface area (Å²) < 4.78 is 37.7. The third-order valence-corrected chi connectivity index (χ3v) is 2.58. The van der Waals surface area contributed by atoms with Gasteiger partial charge in [0.2, 0.25) is 0 Å². The molecule has 0 fully saturated rings. The summed E-state index contributed by atoms with van der Waals surface area (Å²) in [5.41, 5.74) is 0.996. The Hall–Kier alpha value is -1.91. The molecule has 0 aliphatic carbocycles. The van der Waals surface area contributed by atoms with Crippen molar-refractivity contribution in [3.05, 3.63) is 47.8 Å². The van der Waals surface area contributed by atoms with Crippen molar-refractivity contribution in [1.82, 2.24) is 9.97 Å². The smallest absolute Gasteiger partial charge is 0.255 e. The van der Waals surface area contributed by atoms with Crippen molar-refractivity contribution in [2.45, 2.75) is 19.5 Å². The molecule has 18 heavy (non-hydrogen) atoms. The standard InChI is InChI=1S/C13H11F3N2/c1-2-9-3-5-17-11(7-9)12-8-10(4-6-18-12)13(14,15)16/h3-8H,2H2,1H3. The highest BCUT2D eigenvalue weighted by Gasteiger charge is 2.30. The van der Waals surface area contributed by atoms with Crippen LogP contribution in [0.15, 0.2) is 36.7 Å². The van der Waals surface area contributed by atoms with E-state index >= 15 is 0 Å². The van der Waals surface area contributed by atoms with Gasteiger partial charge >= 0.3 is 6.18 Å². The number of pyridine rings is 2. The normalized spacial score (nSPS) is 11.6. The number of hydrogen-bond donors (Lipinski definition) is 0. The van der Waals surface area contributed by atoms with Gasteiger partial charge in [0.1, 0.15) is 0 Å². The van der Waals surface area contributed by atoms with E-state index in [0.29, 0.717) is 5.69 Å². The molecule has 0 aliphatic rings. The maximum Gasteiger partial charge on any atom is 0.416 e. The molecule has 94 valence electrons. The second-order valence-electron chi connectivity index (χ2n) is 3.83. The van der Waals surface area contributed by atoms with E-state index in [2.05, 4.69) is 9.97 Å². The summed E-state index contributed by atoms with van der Waals surface area (Å²) in [7, 11) is 0. The molecule has 2 aromatic rings. The Morgan fingerprint density at radius 2 is 1.61 bits per heavy atom. The number of nitrogens with zero attached hydrogens (tertiary/aromatic N) is 2. The van der Waals surface area contributed by atoms with Gasteiger partial charge in [-0.05, 0) is 36.2 Å². The maximum absolute atomic E-state index is 12.6.